The van der Waals surface area contributed by atoms with Gasteiger partial charge >= 0.3 is 11.9 Å². The van der Waals surface area contributed by atoms with E-state index in [1.165, 1.54) is 17.9 Å². The lowest BCUT2D eigenvalue weighted by Crippen LogP contribution is -2.54. The average molecular weight is 518 g/mol. The molecule has 2 heterocycles. The van der Waals surface area contributed by atoms with Crippen LogP contribution in [0.4, 0.5) is 0 Å². The average Bonchev–Trinajstić information content (AvgIpc) is 3.54. The van der Waals surface area contributed by atoms with Crippen LogP contribution in [0.5, 0.6) is 0 Å². The number of carboxylic acid groups (broad SMARTS) is 1. The summed E-state index contributed by atoms with van der Waals surface area (Å²) in [5.41, 5.74) is 5.47. The molecule has 13 nitrogen and oxygen atoms in total. The Hall–Kier alpha value is -3.87. The van der Waals surface area contributed by atoms with E-state index in [9.17, 15) is 24.0 Å². The lowest BCUT2D eigenvalue weighted by Gasteiger charge is -2.35. The van der Waals surface area contributed by atoms with Crippen LogP contribution < -0.4 is 5.73 Å². The largest absolute Gasteiger partial charge is 0.477 e. The van der Waals surface area contributed by atoms with Crippen molar-refractivity contribution in [1.29, 1.82) is 5.41 Å². The van der Waals surface area contributed by atoms with Crippen molar-refractivity contribution in [3.8, 4) is 0 Å². The van der Waals surface area contributed by atoms with Gasteiger partial charge in [-0.1, -0.05) is 19.3 Å². The SMILES string of the molecule is CC(=O)OCc1oc(C(=O)N(C(=O)[C@@H]2CCCN2C(=O)CN)C2CCCCC2)cc1C(=N)N=CC(=O)O. The minimum absolute atomic E-state index is 0.0565. The summed E-state index contributed by atoms with van der Waals surface area (Å²) >= 11 is 0. The van der Waals surface area contributed by atoms with Crippen LogP contribution in [0, 0.1) is 5.41 Å². The number of amidine groups is 1. The standard InChI is InChI=1S/C24H31N5O8/c1-14(30)36-13-19-16(22(26)27-12-21(32)33)10-18(37-19)24(35)29(15-6-3-2-4-7-15)23(34)17-8-5-9-28(17)20(31)11-25/h10,12,15,17,26H,2-9,11,13,25H2,1H3,(H,32,33)/t17-/m0/s1. The third kappa shape index (κ3) is 6.67. The first-order valence-electron chi connectivity index (χ1n) is 12.1. The Bertz CT molecular complexity index is 1100. The fourth-order valence-electron chi connectivity index (χ4n) is 4.70. The number of nitrogens with two attached hydrogens (primary N) is 1. The second kappa shape index (κ2) is 12.4. The third-order valence-electron chi connectivity index (χ3n) is 6.41. The molecule has 0 aromatic carbocycles. The van der Waals surface area contributed by atoms with Crippen LogP contribution in [-0.2, 0) is 30.5 Å². The molecule has 200 valence electrons. The van der Waals surface area contributed by atoms with E-state index in [4.69, 9.17) is 25.4 Å². The van der Waals surface area contributed by atoms with Gasteiger partial charge in [0.25, 0.3) is 11.8 Å². The highest BCUT2D eigenvalue weighted by atomic mass is 16.5. The van der Waals surface area contributed by atoms with E-state index in [1.54, 1.807) is 0 Å². The number of imide groups is 1. The number of aliphatic imine (C=N–C) groups is 1. The number of aliphatic carboxylic acids is 1. The number of esters is 1. The van der Waals surface area contributed by atoms with E-state index in [0.29, 0.717) is 38.4 Å². The second-order valence-electron chi connectivity index (χ2n) is 8.93. The maximum absolute atomic E-state index is 13.8. The quantitative estimate of drug-likeness (QED) is 0.195. The lowest BCUT2D eigenvalue weighted by atomic mass is 9.93. The van der Waals surface area contributed by atoms with E-state index in [0.717, 1.165) is 24.2 Å². The highest BCUT2D eigenvalue weighted by Crippen LogP contribution is 2.29. The number of carboxylic acids is 1. The predicted octanol–water partition coefficient (Wildman–Crippen LogP) is 1.07. The van der Waals surface area contributed by atoms with Gasteiger partial charge in [0.2, 0.25) is 5.91 Å². The molecule has 0 spiro atoms. The zero-order chi connectivity index (χ0) is 27.1. The molecular weight excluding hydrogens is 486 g/mol. The molecular formula is C24H31N5O8. The van der Waals surface area contributed by atoms with Crippen LogP contribution in [0.3, 0.4) is 0 Å². The number of carbonyl (C=O) groups is 5. The smallest absolute Gasteiger partial charge is 0.347 e. The molecule has 3 rings (SSSR count). The molecule has 1 aromatic heterocycles. The van der Waals surface area contributed by atoms with E-state index in [-0.39, 0.29) is 29.5 Å². The summed E-state index contributed by atoms with van der Waals surface area (Å²) in [6, 6.07) is -0.0436. The van der Waals surface area contributed by atoms with Crippen molar-refractivity contribution in [2.24, 2.45) is 10.7 Å². The van der Waals surface area contributed by atoms with Crippen molar-refractivity contribution in [3.63, 3.8) is 0 Å². The first kappa shape index (κ1) is 27.7. The molecule has 1 aromatic rings. The van der Waals surface area contributed by atoms with Gasteiger partial charge in [0, 0.05) is 25.6 Å². The Morgan fingerprint density at radius 3 is 2.54 bits per heavy atom. The molecule has 1 aliphatic heterocycles. The Morgan fingerprint density at radius 1 is 1.22 bits per heavy atom. The zero-order valence-corrected chi connectivity index (χ0v) is 20.6. The highest BCUT2D eigenvalue weighted by molar-refractivity contribution is 6.25. The fraction of sp³-hybridized carbons (Fsp3) is 0.542. The van der Waals surface area contributed by atoms with Gasteiger partial charge in [-0.25, -0.2) is 9.79 Å². The topological polar surface area (TPSA) is 197 Å². The van der Waals surface area contributed by atoms with E-state index in [1.807, 2.05) is 0 Å². The molecule has 0 bridgehead atoms. The second-order valence-corrected chi connectivity index (χ2v) is 8.93. The molecule has 1 aliphatic carbocycles. The van der Waals surface area contributed by atoms with Gasteiger partial charge in [0.1, 0.15) is 18.9 Å². The summed E-state index contributed by atoms with van der Waals surface area (Å²) in [5, 5.41) is 16.9. The Morgan fingerprint density at radius 2 is 1.92 bits per heavy atom. The zero-order valence-electron chi connectivity index (χ0n) is 20.6. The predicted molar refractivity (Wildman–Crippen MR) is 129 cm³/mol. The number of hydrogen-bond donors (Lipinski definition) is 3. The summed E-state index contributed by atoms with van der Waals surface area (Å²) < 4.78 is 10.6. The Kier molecular flexibility index (Phi) is 9.28. The van der Waals surface area contributed by atoms with Crippen molar-refractivity contribution < 1.29 is 38.2 Å². The first-order valence-corrected chi connectivity index (χ1v) is 12.1. The van der Waals surface area contributed by atoms with Crippen molar-refractivity contribution in [2.75, 3.05) is 13.1 Å². The van der Waals surface area contributed by atoms with Gasteiger partial charge in [0.15, 0.2) is 17.4 Å². The lowest BCUT2D eigenvalue weighted by molar-refractivity contribution is -0.143. The molecule has 1 saturated carbocycles. The number of ether oxygens (including phenoxy) is 1. The summed E-state index contributed by atoms with van der Waals surface area (Å²) in [5.74, 6) is -4.58. The molecule has 0 unspecified atom stereocenters. The van der Waals surface area contributed by atoms with Crippen LogP contribution in [-0.4, -0.2) is 81.8 Å². The molecule has 3 amide bonds. The van der Waals surface area contributed by atoms with Crippen molar-refractivity contribution in [3.05, 3.63) is 23.2 Å². The molecule has 2 fully saturated rings. The molecule has 37 heavy (non-hydrogen) atoms. The Balaban J connectivity index is 1.98. The molecule has 13 heteroatoms. The summed E-state index contributed by atoms with van der Waals surface area (Å²) in [7, 11) is 0. The van der Waals surface area contributed by atoms with Gasteiger partial charge in [-0.3, -0.25) is 29.5 Å². The third-order valence-corrected chi connectivity index (χ3v) is 6.41. The van der Waals surface area contributed by atoms with Crippen molar-refractivity contribution in [1.82, 2.24) is 9.80 Å². The van der Waals surface area contributed by atoms with Crippen molar-refractivity contribution in [2.45, 2.75) is 70.6 Å². The molecule has 2 aliphatic rings. The number of carbonyl (C=O) groups excluding carboxylic acids is 4. The number of furan rings is 1. The van der Waals surface area contributed by atoms with Gasteiger partial charge in [0.05, 0.1) is 12.1 Å². The van der Waals surface area contributed by atoms with Gasteiger partial charge in [-0.15, -0.1) is 0 Å². The van der Waals surface area contributed by atoms with Crippen LogP contribution in [0.2, 0.25) is 0 Å². The summed E-state index contributed by atoms with van der Waals surface area (Å²) in [4.78, 5) is 68.1. The van der Waals surface area contributed by atoms with Gasteiger partial charge < -0.3 is 24.9 Å². The maximum Gasteiger partial charge on any atom is 0.347 e. The van der Waals surface area contributed by atoms with Crippen LogP contribution in [0.15, 0.2) is 15.5 Å². The Labute approximate surface area is 213 Å². The number of likely N-dealkylation sites (tertiary alicyclic amines) is 1. The number of rotatable bonds is 8. The van der Waals surface area contributed by atoms with E-state index >= 15 is 0 Å². The number of hydrogen-bond acceptors (Lipinski definition) is 9. The first-order chi connectivity index (χ1) is 17.6. The molecule has 1 atom stereocenters. The maximum atomic E-state index is 13.8. The van der Waals surface area contributed by atoms with Gasteiger partial charge in [-0.05, 0) is 25.7 Å². The molecule has 0 radical (unpaired) electrons. The highest BCUT2D eigenvalue weighted by Gasteiger charge is 2.42. The minimum atomic E-state index is -1.38. The van der Waals surface area contributed by atoms with Gasteiger partial charge in [-0.2, -0.15) is 0 Å². The monoisotopic (exact) mass is 517 g/mol. The number of nitrogens with one attached hydrogen (secondary N) is 1. The minimum Gasteiger partial charge on any atom is -0.477 e. The van der Waals surface area contributed by atoms with E-state index in [2.05, 4.69) is 4.99 Å². The fourth-order valence-corrected chi connectivity index (χ4v) is 4.70. The molecule has 1 saturated heterocycles. The summed E-state index contributed by atoms with van der Waals surface area (Å²) in [6.07, 6.45) is 5.34. The van der Waals surface area contributed by atoms with E-state index < -0.39 is 48.3 Å². The number of amides is 3. The normalized spacial score (nSPS) is 18.1. The number of nitrogens with zero attached hydrogens (tertiary/aromatic N) is 3. The van der Waals surface area contributed by atoms with Crippen molar-refractivity contribution >= 4 is 41.7 Å². The van der Waals surface area contributed by atoms with Crippen LogP contribution in [0.1, 0.15) is 73.7 Å². The van der Waals surface area contributed by atoms with Crippen LogP contribution >= 0.6 is 0 Å². The summed E-state index contributed by atoms with van der Waals surface area (Å²) in [6.45, 7) is 0.861. The molecule has 4 N–H and O–H groups in total. The van der Waals surface area contributed by atoms with Crippen LogP contribution in [0.25, 0.3) is 0 Å².